The number of hydrogen-bond acceptors (Lipinski definition) is 3. The number of ether oxygens (including phenoxy) is 2. The van der Waals surface area contributed by atoms with Crippen molar-refractivity contribution in [3.63, 3.8) is 0 Å². The van der Waals surface area contributed by atoms with Crippen molar-refractivity contribution in [3.05, 3.63) is 59.7 Å². The molecule has 1 saturated heterocycles. The van der Waals surface area contributed by atoms with Crippen LogP contribution in [0.3, 0.4) is 0 Å². The quantitative estimate of drug-likeness (QED) is 0.840. The predicted octanol–water partition coefficient (Wildman–Crippen LogP) is 4.79. The SMILES string of the molecule is CC(C)(C)c1ccc(C(=O)Nc2cccc(OCC3CCCO3)c2)cc1. The van der Waals surface area contributed by atoms with Gasteiger partial charge >= 0.3 is 0 Å². The van der Waals surface area contributed by atoms with E-state index in [-0.39, 0.29) is 17.4 Å². The van der Waals surface area contributed by atoms with Crippen molar-refractivity contribution in [2.75, 3.05) is 18.5 Å². The molecule has 4 heteroatoms. The van der Waals surface area contributed by atoms with Gasteiger partial charge in [-0.1, -0.05) is 39.0 Å². The van der Waals surface area contributed by atoms with E-state index in [0.29, 0.717) is 12.2 Å². The first kappa shape index (κ1) is 18.5. The molecule has 1 heterocycles. The highest BCUT2D eigenvalue weighted by Gasteiger charge is 2.16. The van der Waals surface area contributed by atoms with Crippen molar-refractivity contribution in [3.8, 4) is 5.75 Å². The molecule has 1 unspecified atom stereocenters. The average molecular weight is 353 g/mol. The third-order valence-electron chi connectivity index (χ3n) is 4.56. The van der Waals surface area contributed by atoms with Gasteiger partial charge in [-0.15, -0.1) is 0 Å². The van der Waals surface area contributed by atoms with Gasteiger partial charge in [0.25, 0.3) is 5.91 Å². The Morgan fingerprint density at radius 1 is 1.19 bits per heavy atom. The lowest BCUT2D eigenvalue weighted by Crippen LogP contribution is -2.16. The second-order valence-electron chi connectivity index (χ2n) is 7.76. The molecule has 0 saturated carbocycles. The molecular formula is C22H27NO3. The molecule has 1 aliphatic heterocycles. The second-order valence-corrected chi connectivity index (χ2v) is 7.76. The van der Waals surface area contributed by atoms with Crippen LogP contribution < -0.4 is 10.1 Å². The first-order chi connectivity index (χ1) is 12.4. The van der Waals surface area contributed by atoms with Gasteiger partial charge in [-0.25, -0.2) is 0 Å². The first-order valence-electron chi connectivity index (χ1n) is 9.18. The maximum Gasteiger partial charge on any atom is 0.255 e. The fraction of sp³-hybridized carbons (Fsp3) is 0.409. The molecule has 1 aliphatic rings. The zero-order chi connectivity index (χ0) is 18.6. The Morgan fingerprint density at radius 2 is 1.96 bits per heavy atom. The van der Waals surface area contributed by atoms with E-state index in [1.807, 2.05) is 48.5 Å². The number of benzene rings is 2. The topological polar surface area (TPSA) is 47.6 Å². The molecule has 138 valence electrons. The predicted molar refractivity (Wildman–Crippen MR) is 104 cm³/mol. The molecule has 1 amide bonds. The molecule has 2 aromatic carbocycles. The Hall–Kier alpha value is -2.33. The number of anilines is 1. The van der Waals surface area contributed by atoms with E-state index in [9.17, 15) is 4.79 Å². The Labute approximate surface area is 155 Å². The third kappa shape index (κ3) is 4.85. The number of rotatable bonds is 5. The molecule has 0 bridgehead atoms. The van der Waals surface area contributed by atoms with E-state index >= 15 is 0 Å². The Balaban J connectivity index is 1.60. The summed E-state index contributed by atoms with van der Waals surface area (Å²) in [6.45, 7) is 7.84. The van der Waals surface area contributed by atoms with Crippen LogP contribution in [0.2, 0.25) is 0 Å². The molecule has 1 atom stereocenters. The molecule has 1 N–H and O–H groups in total. The monoisotopic (exact) mass is 353 g/mol. The van der Waals surface area contributed by atoms with Crippen molar-refractivity contribution in [1.82, 2.24) is 0 Å². The van der Waals surface area contributed by atoms with Gasteiger partial charge in [-0.2, -0.15) is 0 Å². The Morgan fingerprint density at radius 3 is 2.62 bits per heavy atom. The number of carbonyl (C=O) groups excluding carboxylic acids is 1. The van der Waals surface area contributed by atoms with Crippen LogP contribution in [-0.4, -0.2) is 25.2 Å². The minimum absolute atomic E-state index is 0.0731. The summed E-state index contributed by atoms with van der Waals surface area (Å²) in [4.78, 5) is 12.5. The summed E-state index contributed by atoms with van der Waals surface area (Å²) in [6.07, 6.45) is 2.31. The Kier molecular flexibility index (Phi) is 5.62. The fourth-order valence-electron chi connectivity index (χ4n) is 2.95. The summed E-state index contributed by atoms with van der Waals surface area (Å²) in [5.74, 6) is 0.614. The first-order valence-corrected chi connectivity index (χ1v) is 9.18. The summed E-state index contributed by atoms with van der Waals surface area (Å²) < 4.78 is 11.4. The van der Waals surface area contributed by atoms with Crippen molar-refractivity contribution >= 4 is 11.6 Å². The lowest BCUT2D eigenvalue weighted by molar-refractivity contribution is 0.0680. The molecule has 0 aliphatic carbocycles. The van der Waals surface area contributed by atoms with E-state index in [2.05, 4.69) is 26.1 Å². The number of amides is 1. The highest BCUT2D eigenvalue weighted by atomic mass is 16.5. The van der Waals surface area contributed by atoms with Crippen LogP contribution in [-0.2, 0) is 10.2 Å². The highest BCUT2D eigenvalue weighted by Crippen LogP contribution is 2.23. The van der Waals surface area contributed by atoms with E-state index in [0.717, 1.165) is 30.9 Å². The third-order valence-corrected chi connectivity index (χ3v) is 4.56. The van der Waals surface area contributed by atoms with Crippen LogP contribution in [0.1, 0.15) is 49.5 Å². The summed E-state index contributed by atoms with van der Waals surface area (Å²) in [6, 6.07) is 15.2. The van der Waals surface area contributed by atoms with Crippen LogP contribution in [0.5, 0.6) is 5.75 Å². The van der Waals surface area contributed by atoms with Gasteiger partial charge in [0, 0.05) is 23.9 Å². The summed E-state index contributed by atoms with van der Waals surface area (Å²) in [5, 5.41) is 2.93. The van der Waals surface area contributed by atoms with E-state index in [1.54, 1.807) is 0 Å². The normalized spacial score (nSPS) is 17.1. The van der Waals surface area contributed by atoms with Crippen molar-refractivity contribution in [2.45, 2.75) is 45.1 Å². The van der Waals surface area contributed by atoms with Gasteiger partial charge in [-0.05, 0) is 48.1 Å². The van der Waals surface area contributed by atoms with Gasteiger partial charge in [0.05, 0.1) is 6.10 Å². The summed E-state index contributed by atoms with van der Waals surface area (Å²) in [5.41, 5.74) is 2.64. The lowest BCUT2D eigenvalue weighted by Gasteiger charge is -2.19. The van der Waals surface area contributed by atoms with Gasteiger partial charge < -0.3 is 14.8 Å². The summed E-state index contributed by atoms with van der Waals surface area (Å²) >= 11 is 0. The second kappa shape index (κ2) is 7.92. The van der Waals surface area contributed by atoms with Crippen molar-refractivity contribution in [1.29, 1.82) is 0 Å². The number of hydrogen-bond donors (Lipinski definition) is 1. The molecule has 3 rings (SSSR count). The maximum atomic E-state index is 12.5. The van der Waals surface area contributed by atoms with Crippen molar-refractivity contribution in [2.24, 2.45) is 0 Å². The molecule has 0 aromatic heterocycles. The smallest absolute Gasteiger partial charge is 0.255 e. The van der Waals surface area contributed by atoms with Gasteiger partial charge in [0.15, 0.2) is 0 Å². The highest BCUT2D eigenvalue weighted by molar-refractivity contribution is 6.04. The van der Waals surface area contributed by atoms with E-state index < -0.39 is 0 Å². The van der Waals surface area contributed by atoms with Gasteiger partial charge in [-0.3, -0.25) is 4.79 Å². The molecule has 1 fully saturated rings. The number of nitrogens with one attached hydrogen (secondary N) is 1. The average Bonchev–Trinajstić information content (AvgIpc) is 3.13. The van der Waals surface area contributed by atoms with E-state index in [4.69, 9.17) is 9.47 Å². The minimum atomic E-state index is -0.123. The lowest BCUT2D eigenvalue weighted by atomic mass is 9.87. The molecule has 26 heavy (non-hydrogen) atoms. The fourth-order valence-corrected chi connectivity index (χ4v) is 2.95. The Bertz CT molecular complexity index is 741. The molecule has 2 aromatic rings. The standard InChI is InChI=1S/C22H27NO3/c1-22(2,3)17-11-9-16(10-12-17)21(24)23-18-6-4-7-19(14-18)26-15-20-8-5-13-25-20/h4,6-7,9-12,14,20H,5,8,13,15H2,1-3H3,(H,23,24). The summed E-state index contributed by atoms with van der Waals surface area (Å²) in [7, 11) is 0. The maximum absolute atomic E-state index is 12.5. The van der Waals surface area contributed by atoms with Crippen LogP contribution in [0.25, 0.3) is 0 Å². The van der Waals surface area contributed by atoms with Gasteiger partial charge in [0.2, 0.25) is 0 Å². The zero-order valence-corrected chi connectivity index (χ0v) is 15.7. The van der Waals surface area contributed by atoms with Crippen LogP contribution in [0, 0.1) is 0 Å². The minimum Gasteiger partial charge on any atom is -0.491 e. The van der Waals surface area contributed by atoms with Crippen LogP contribution in [0.15, 0.2) is 48.5 Å². The van der Waals surface area contributed by atoms with Gasteiger partial charge in [0.1, 0.15) is 12.4 Å². The molecule has 0 radical (unpaired) electrons. The van der Waals surface area contributed by atoms with Crippen LogP contribution >= 0.6 is 0 Å². The van der Waals surface area contributed by atoms with Crippen LogP contribution in [0.4, 0.5) is 5.69 Å². The zero-order valence-electron chi connectivity index (χ0n) is 15.7. The molecule has 4 nitrogen and oxygen atoms in total. The van der Waals surface area contributed by atoms with Crippen molar-refractivity contribution < 1.29 is 14.3 Å². The largest absolute Gasteiger partial charge is 0.491 e. The molecular weight excluding hydrogens is 326 g/mol. The molecule has 0 spiro atoms. The number of carbonyl (C=O) groups is 1. The van der Waals surface area contributed by atoms with E-state index in [1.165, 1.54) is 5.56 Å².